The lowest BCUT2D eigenvalue weighted by Gasteiger charge is -2.37. The Hall–Kier alpha value is -3.03. The molecule has 4 rings (SSSR count). The van der Waals surface area contributed by atoms with Gasteiger partial charge >= 0.3 is 0 Å². The largest absolute Gasteiger partial charge is 0.383 e. The zero-order valence-corrected chi connectivity index (χ0v) is 18.1. The van der Waals surface area contributed by atoms with E-state index in [0.717, 1.165) is 22.4 Å². The third-order valence-corrected chi connectivity index (χ3v) is 5.55. The maximum atomic E-state index is 5.73. The van der Waals surface area contributed by atoms with Crippen molar-refractivity contribution < 1.29 is 9.26 Å². The van der Waals surface area contributed by atoms with E-state index in [1.165, 1.54) is 5.56 Å². The van der Waals surface area contributed by atoms with Crippen LogP contribution in [0.3, 0.4) is 0 Å². The minimum Gasteiger partial charge on any atom is -0.383 e. The Balaban J connectivity index is 1.79. The molecule has 1 atom stereocenters. The third-order valence-electron chi connectivity index (χ3n) is 5.21. The van der Waals surface area contributed by atoms with Crippen LogP contribution in [0.1, 0.15) is 30.0 Å². The Labute approximate surface area is 181 Å². The number of hydrogen-bond acceptors (Lipinski definition) is 5. The van der Waals surface area contributed by atoms with Gasteiger partial charge in [-0.25, -0.2) is 0 Å². The lowest BCUT2D eigenvalue weighted by Crippen LogP contribution is -2.47. The maximum absolute atomic E-state index is 5.73. The molecule has 0 saturated carbocycles. The van der Waals surface area contributed by atoms with E-state index < -0.39 is 0 Å². The predicted octanol–water partition coefficient (Wildman–Crippen LogP) is 4.35. The second-order valence-corrected chi connectivity index (χ2v) is 7.61. The number of nitrogens with zero attached hydrogens (tertiary/aromatic N) is 3. The molecule has 1 aliphatic rings. The summed E-state index contributed by atoms with van der Waals surface area (Å²) in [5.41, 5.74) is 5.09. The summed E-state index contributed by atoms with van der Waals surface area (Å²) in [7, 11) is 1.68. The quantitative estimate of drug-likeness (QED) is 0.595. The summed E-state index contributed by atoms with van der Waals surface area (Å²) in [6.45, 7) is 5.30. The van der Waals surface area contributed by atoms with Crippen LogP contribution in [-0.2, 0) is 4.74 Å². The number of rotatable bonds is 6. The number of aromatic nitrogens is 2. The average Bonchev–Trinajstić information content (AvgIpc) is 3.24. The van der Waals surface area contributed by atoms with Crippen molar-refractivity contribution in [3.63, 3.8) is 0 Å². The van der Waals surface area contributed by atoms with Gasteiger partial charge in [0, 0.05) is 24.9 Å². The first-order chi connectivity index (χ1) is 14.6. The third kappa shape index (κ3) is 3.99. The van der Waals surface area contributed by atoms with Crippen molar-refractivity contribution in [3.8, 4) is 11.4 Å². The molecule has 0 saturated heterocycles. The van der Waals surface area contributed by atoms with E-state index in [-0.39, 0.29) is 6.04 Å². The first-order valence-electron chi connectivity index (χ1n) is 9.82. The molecular formula is C23H24N4O2S. The van der Waals surface area contributed by atoms with Crippen molar-refractivity contribution in [1.82, 2.24) is 20.4 Å². The lowest BCUT2D eigenvalue weighted by atomic mass is 9.94. The smallest absolute Gasteiger partial charge is 0.258 e. The van der Waals surface area contributed by atoms with Gasteiger partial charge in [-0.1, -0.05) is 65.3 Å². The highest BCUT2D eigenvalue weighted by atomic mass is 32.1. The number of methoxy groups -OCH3 is 1. The van der Waals surface area contributed by atoms with Gasteiger partial charge < -0.3 is 19.5 Å². The molecule has 1 aliphatic heterocycles. The van der Waals surface area contributed by atoms with Gasteiger partial charge in [0.25, 0.3) is 5.89 Å². The van der Waals surface area contributed by atoms with Crippen LogP contribution in [-0.4, -0.2) is 40.4 Å². The van der Waals surface area contributed by atoms with E-state index in [0.29, 0.717) is 30.0 Å². The summed E-state index contributed by atoms with van der Waals surface area (Å²) in [6.07, 6.45) is 0. The molecule has 30 heavy (non-hydrogen) atoms. The van der Waals surface area contributed by atoms with Crippen molar-refractivity contribution in [1.29, 1.82) is 0 Å². The number of ether oxygens (including phenoxy) is 1. The van der Waals surface area contributed by atoms with E-state index in [9.17, 15) is 0 Å². The Morgan fingerprint density at radius 3 is 2.53 bits per heavy atom. The van der Waals surface area contributed by atoms with Crippen LogP contribution in [0, 0.1) is 6.92 Å². The van der Waals surface area contributed by atoms with Gasteiger partial charge in [-0.05, 0) is 31.6 Å². The monoisotopic (exact) mass is 420 g/mol. The molecule has 0 spiro atoms. The van der Waals surface area contributed by atoms with Crippen LogP contribution in [0.2, 0.25) is 0 Å². The normalized spacial score (nSPS) is 16.7. The van der Waals surface area contributed by atoms with E-state index >= 15 is 0 Å². The summed E-state index contributed by atoms with van der Waals surface area (Å²) in [4.78, 5) is 6.73. The van der Waals surface area contributed by atoms with Gasteiger partial charge in [-0.3, -0.25) is 0 Å². The van der Waals surface area contributed by atoms with Crippen LogP contribution in [0.5, 0.6) is 0 Å². The Morgan fingerprint density at radius 2 is 1.83 bits per heavy atom. The molecule has 0 amide bonds. The zero-order chi connectivity index (χ0) is 21.1. The molecule has 0 aliphatic carbocycles. The molecule has 0 bridgehead atoms. The van der Waals surface area contributed by atoms with Gasteiger partial charge in [-0.15, -0.1) is 0 Å². The SMILES string of the molecule is COCCN1C(=S)NC(c2ccc(C)cc2)C(c2nc(-c3ccccc3)no2)=C1C. The van der Waals surface area contributed by atoms with Gasteiger partial charge in [0.15, 0.2) is 5.11 Å². The van der Waals surface area contributed by atoms with Gasteiger partial charge in [-0.2, -0.15) is 4.98 Å². The fraction of sp³-hybridized carbons (Fsp3) is 0.261. The molecule has 1 unspecified atom stereocenters. The molecule has 1 N–H and O–H groups in total. The van der Waals surface area contributed by atoms with Crippen molar-refractivity contribution >= 4 is 22.9 Å². The van der Waals surface area contributed by atoms with E-state index in [2.05, 4.69) is 41.7 Å². The van der Waals surface area contributed by atoms with Crippen LogP contribution >= 0.6 is 12.2 Å². The predicted molar refractivity (Wildman–Crippen MR) is 121 cm³/mol. The molecule has 154 valence electrons. The van der Waals surface area contributed by atoms with Crippen molar-refractivity contribution in [3.05, 3.63) is 77.3 Å². The first kappa shape index (κ1) is 20.3. The molecule has 0 fully saturated rings. The Bertz CT molecular complexity index is 1060. The van der Waals surface area contributed by atoms with Crippen LogP contribution in [0.4, 0.5) is 0 Å². The van der Waals surface area contributed by atoms with Crippen molar-refractivity contribution in [2.24, 2.45) is 0 Å². The molecule has 6 nitrogen and oxygen atoms in total. The standard InChI is InChI=1S/C23H24N4O2S/c1-15-9-11-17(12-10-15)20-19(16(2)27(13-14-28-3)23(30)24-20)22-25-21(26-29-22)18-7-5-4-6-8-18/h4-12,20H,13-14H2,1-3H3,(H,24,30). The topological polar surface area (TPSA) is 63.4 Å². The van der Waals surface area contributed by atoms with Crippen LogP contribution < -0.4 is 5.32 Å². The zero-order valence-electron chi connectivity index (χ0n) is 17.3. The highest BCUT2D eigenvalue weighted by molar-refractivity contribution is 7.80. The number of benzene rings is 2. The van der Waals surface area contributed by atoms with E-state index in [1.54, 1.807) is 7.11 Å². The van der Waals surface area contributed by atoms with E-state index in [4.69, 9.17) is 26.5 Å². The summed E-state index contributed by atoms with van der Waals surface area (Å²) >= 11 is 5.66. The number of nitrogens with one attached hydrogen (secondary N) is 1. The summed E-state index contributed by atoms with van der Waals surface area (Å²) in [5.74, 6) is 1.04. The fourth-order valence-corrected chi connectivity index (χ4v) is 3.90. The van der Waals surface area contributed by atoms with Gasteiger partial charge in [0.2, 0.25) is 5.82 Å². The average molecular weight is 421 g/mol. The van der Waals surface area contributed by atoms with Crippen molar-refractivity contribution in [2.45, 2.75) is 19.9 Å². The second-order valence-electron chi connectivity index (χ2n) is 7.23. The van der Waals surface area contributed by atoms with Crippen molar-refractivity contribution in [2.75, 3.05) is 20.3 Å². The molecule has 2 aromatic carbocycles. The first-order valence-corrected chi connectivity index (χ1v) is 10.2. The number of hydrogen-bond donors (Lipinski definition) is 1. The summed E-state index contributed by atoms with van der Waals surface area (Å²) in [5, 5.41) is 8.33. The fourth-order valence-electron chi connectivity index (χ4n) is 3.56. The van der Waals surface area contributed by atoms with Gasteiger partial charge in [0.1, 0.15) is 0 Å². The minimum absolute atomic E-state index is 0.180. The Morgan fingerprint density at radius 1 is 1.10 bits per heavy atom. The number of aryl methyl sites for hydroxylation is 1. The van der Waals surface area contributed by atoms with E-state index in [1.807, 2.05) is 42.2 Å². The summed E-state index contributed by atoms with van der Waals surface area (Å²) < 4.78 is 11.0. The highest BCUT2D eigenvalue weighted by Crippen LogP contribution is 2.37. The number of allylic oxidation sites excluding steroid dienone is 1. The summed E-state index contributed by atoms with van der Waals surface area (Å²) in [6, 6.07) is 18.0. The lowest BCUT2D eigenvalue weighted by molar-refractivity contribution is 0.183. The highest BCUT2D eigenvalue weighted by Gasteiger charge is 2.33. The molecule has 2 heterocycles. The Kier molecular flexibility index (Phi) is 5.92. The number of thiocarbonyl (C=S) groups is 1. The molecule has 3 aromatic rings. The molecule has 0 radical (unpaired) electrons. The van der Waals surface area contributed by atoms with Crippen LogP contribution in [0.25, 0.3) is 17.0 Å². The maximum Gasteiger partial charge on any atom is 0.258 e. The van der Waals surface area contributed by atoms with Crippen LogP contribution in [0.15, 0.2) is 64.8 Å². The molecule has 7 heteroatoms. The molecular weight excluding hydrogens is 396 g/mol. The minimum atomic E-state index is -0.180. The second kappa shape index (κ2) is 8.77. The van der Waals surface area contributed by atoms with Gasteiger partial charge in [0.05, 0.1) is 18.2 Å². The molecule has 1 aromatic heterocycles.